The minimum atomic E-state index is -2.97. The Balaban J connectivity index is 1.87. The minimum absolute atomic E-state index is 0.0134. The number of aromatic carboxylic acids is 1. The first-order valence-electron chi connectivity index (χ1n) is 6.11. The van der Waals surface area contributed by atoms with Gasteiger partial charge in [-0.25, -0.2) is 13.2 Å². The summed E-state index contributed by atoms with van der Waals surface area (Å²) in [5.41, 5.74) is 0.878. The molecule has 0 bridgehead atoms. The highest BCUT2D eigenvalue weighted by Gasteiger charge is 2.35. The first kappa shape index (κ1) is 13.6. The van der Waals surface area contributed by atoms with E-state index < -0.39 is 15.8 Å². The summed E-state index contributed by atoms with van der Waals surface area (Å²) in [5, 5.41) is 12.5. The van der Waals surface area contributed by atoms with E-state index in [0.29, 0.717) is 17.0 Å². The van der Waals surface area contributed by atoms with E-state index in [2.05, 4.69) is 5.16 Å². The molecule has 0 unspecified atom stereocenters. The average molecular weight is 309 g/mol. The van der Waals surface area contributed by atoms with Crippen molar-refractivity contribution in [1.29, 1.82) is 0 Å². The fourth-order valence-electron chi connectivity index (χ4n) is 2.05. The van der Waals surface area contributed by atoms with E-state index in [4.69, 9.17) is 14.4 Å². The van der Waals surface area contributed by atoms with Crippen molar-refractivity contribution in [2.45, 2.75) is 6.10 Å². The van der Waals surface area contributed by atoms with Crippen LogP contribution < -0.4 is 4.74 Å². The van der Waals surface area contributed by atoms with Gasteiger partial charge in [0.15, 0.2) is 9.84 Å². The molecule has 0 amide bonds. The number of hydrogen-bond donors (Lipinski definition) is 1. The molecule has 1 fully saturated rings. The zero-order valence-electron chi connectivity index (χ0n) is 10.7. The normalized spacial score (nSPS) is 17.1. The van der Waals surface area contributed by atoms with Gasteiger partial charge in [0.05, 0.1) is 11.5 Å². The van der Waals surface area contributed by atoms with Crippen molar-refractivity contribution < 1.29 is 27.6 Å². The molecule has 1 aliphatic rings. The Labute approximate surface area is 120 Å². The van der Waals surface area contributed by atoms with Crippen molar-refractivity contribution >= 4 is 15.8 Å². The molecule has 7 nitrogen and oxygen atoms in total. The zero-order valence-corrected chi connectivity index (χ0v) is 11.5. The second-order valence-electron chi connectivity index (χ2n) is 4.69. The second kappa shape index (κ2) is 4.88. The van der Waals surface area contributed by atoms with Gasteiger partial charge < -0.3 is 14.4 Å². The number of nitrogens with zero attached hydrogens (tertiary/aromatic N) is 1. The highest BCUT2D eigenvalue weighted by molar-refractivity contribution is 7.92. The molecule has 0 atom stereocenters. The van der Waals surface area contributed by atoms with Crippen LogP contribution in [0.15, 0.2) is 34.9 Å². The molecule has 0 radical (unpaired) electrons. The third-order valence-corrected chi connectivity index (χ3v) is 4.82. The maximum absolute atomic E-state index is 11.1. The van der Waals surface area contributed by atoms with E-state index in [1.54, 1.807) is 24.3 Å². The van der Waals surface area contributed by atoms with Crippen molar-refractivity contribution in [1.82, 2.24) is 5.16 Å². The van der Waals surface area contributed by atoms with E-state index in [-0.39, 0.29) is 23.4 Å². The number of carboxylic acid groups (broad SMARTS) is 1. The van der Waals surface area contributed by atoms with Crippen LogP contribution in [0.4, 0.5) is 0 Å². The van der Waals surface area contributed by atoms with Gasteiger partial charge >= 0.3 is 5.97 Å². The largest absolute Gasteiger partial charge is 0.488 e. The van der Waals surface area contributed by atoms with Gasteiger partial charge in [0.2, 0.25) is 5.76 Å². The lowest BCUT2D eigenvalue weighted by Gasteiger charge is -2.27. The molecule has 3 rings (SSSR count). The van der Waals surface area contributed by atoms with Crippen LogP contribution in [0.2, 0.25) is 0 Å². The van der Waals surface area contributed by atoms with Gasteiger partial charge in [-0.05, 0) is 12.1 Å². The van der Waals surface area contributed by atoms with Crippen LogP contribution in [-0.2, 0) is 9.84 Å². The van der Waals surface area contributed by atoms with Crippen LogP contribution in [0.25, 0.3) is 11.3 Å². The van der Waals surface area contributed by atoms with Gasteiger partial charge in [-0.2, -0.15) is 0 Å². The van der Waals surface area contributed by atoms with E-state index in [1.807, 2.05) is 0 Å². The number of carbonyl (C=O) groups is 1. The lowest BCUT2D eigenvalue weighted by molar-refractivity contribution is 0.0652. The number of benzene rings is 1. The number of hydrogen-bond acceptors (Lipinski definition) is 6. The predicted octanol–water partition coefficient (Wildman–Crippen LogP) is 1.22. The minimum Gasteiger partial charge on any atom is -0.488 e. The third-order valence-electron chi connectivity index (χ3n) is 3.06. The Bertz CT molecular complexity index is 782. The monoisotopic (exact) mass is 309 g/mol. The Morgan fingerprint density at radius 1 is 1.33 bits per heavy atom. The lowest BCUT2D eigenvalue weighted by Crippen LogP contribution is -2.45. The van der Waals surface area contributed by atoms with E-state index in [0.717, 1.165) is 0 Å². The molecule has 0 saturated carbocycles. The van der Waals surface area contributed by atoms with Crippen molar-refractivity contribution in [3.63, 3.8) is 0 Å². The van der Waals surface area contributed by atoms with Crippen LogP contribution in [0.1, 0.15) is 10.6 Å². The smallest absolute Gasteiger partial charge is 0.374 e. The summed E-state index contributed by atoms with van der Waals surface area (Å²) in [7, 11) is -2.97. The number of carboxylic acids is 1. The Hall–Kier alpha value is -2.35. The van der Waals surface area contributed by atoms with Gasteiger partial charge in [-0.1, -0.05) is 17.3 Å². The number of sulfone groups is 1. The molecule has 0 aliphatic carbocycles. The first-order valence-corrected chi connectivity index (χ1v) is 7.93. The van der Waals surface area contributed by atoms with E-state index in [1.165, 1.54) is 6.07 Å². The molecule has 1 aromatic carbocycles. The quantitative estimate of drug-likeness (QED) is 0.904. The Morgan fingerprint density at radius 2 is 2.05 bits per heavy atom. The van der Waals surface area contributed by atoms with Crippen molar-refractivity contribution in [2.75, 3.05) is 11.5 Å². The van der Waals surface area contributed by atoms with Gasteiger partial charge in [-0.15, -0.1) is 0 Å². The van der Waals surface area contributed by atoms with Crippen LogP contribution in [0, 0.1) is 0 Å². The van der Waals surface area contributed by atoms with E-state index in [9.17, 15) is 13.2 Å². The molecule has 2 aromatic rings. The number of rotatable bonds is 4. The van der Waals surface area contributed by atoms with Gasteiger partial charge in [0.25, 0.3) is 0 Å². The standard InChI is InChI=1S/C13H11NO6S/c15-13(16)12-5-10(14-20-12)9-3-1-2-4-11(9)19-8-6-21(17,18)7-8/h1-5,8H,6-7H2,(H,15,16). The zero-order chi connectivity index (χ0) is 15.0. The molecule has 110 valence electrons. The summed E-state index contributed by atoms with van der Waals surface area (Å²) in [5.74, 6) is -1.06. The fourth-order valence-corrected chi connectivity index (χ4v) is 3.22. The molecule has 1 N–H and O–H groups in total. The molecule has 2 heterocycles. The summed E-state index contributed by atoms with van der Waals surface area (Å²) >= 11 is 0. The number of aromatic nitrogens is 1. The summed E-state index contributed by atoms with van der Waals surface area (Å²) in [6.45, 7) is 0. The molecule has 1 aliphatic heterocycles. The predicted molar refractivity (Wildman–Crippen MR) is 72.0 cm³/mol. The van der Waals surface area contributed by atoms with Crippen LogP contribution in [0.5, 0.6) is 5.75 Å². The van der Waals surface area contributed by atoms with Gasteiger partial charge in [-0.3, -0.25) is 0 Å². The van der Waals surface area contributed by atoms with Crippen molar-refractivity contribution in [2.24, 2.45) is 0 Å². The maximum Gasteiger partial charge on any atom is 0.374 e. The molecule has 1 saturated heterocycles. The van der Waals surface area contributed by atoms with Crippen LogP contribution in [-0.4, -0.2) is 42.3 Å². The first-order chi connectivity index (χ1) is 9.94. The molecular weight excluding hydrogens is 298 g/mol. The molecule has 0 spiro atoms. The highest BCUT2D eigenvalue weighted by Crippen LogP contribution is 2.31. The van der Waals surface area contributed by atoms with Gasteiger partial charge in [0.1, 0.15) is 17.5 Å². The van der Waals surface area contributed by atoms with E-state index >= 15 is 0 Å². The molecular formula is C13H11NO6S. The maximum atomic E-state index is 11.1. The highest BCUT2D eigenvalue weighted by atomic mass is 32.2. The summed E-state index contributed by atoms with van der Waals surface area (Å²) < 4.78 is 32.6. The van der Waals surface area contributed by atoms with Crippen molar-refractivity contribution in [3.05, 3.63) is 36.1 Å². The Kier molecular flexibility index (Phi) is 3.17. The van der Waals surface area contributed by atoms with Gasteiger partial charge in [0, 0.05) is 11.6 Å². The molecule has 21 heavy (non-hydrogen) atoms. The second-order valence-corrected chi connectivity index (χ2v) is 6.85. The van der Waals surface area contributed by atoms with Crippen LogP contribution in [0.3, 0.4) is 0 Å². The average Bonchev–Trinajstić information content (AvgIpc) is 2.87. The number of ether oxygens (including phenoxy) is 1. The summed E-state index contributed by atoms with van der Waals surface area (Å²) in [4.78, 5) is 10.8. The molecule has 8 heteroatoms. The lowest BCUT2D eigenvalue weighted by atomic mass is 10.1. The SMILES string of the molecule is O=C(O)c1cc(-c2ccccc2OC2CS(=O)(=O)C2)no1. The van der Waals surface area contributed by atoms with Crippen molar-refractivity contribution in [3.8, 4) is 17.0 Å². The topological polar surface area (TPSA) is 107 Å². The number of para-hydroxylation sites is 1. The van der Waals surface area contributed by atoms with Crippen LogP contribution >= 0.6 is 0 Å². The molecule has 1 aromatic heterocycles. The Morgan fingerprint density at radius 3 is 2.67 bits per heavy atom. The summed E-state index contributed by atoms with van der Waals surface area (Å²) in [6.07, 6.45) is -0.387. The fraction of sp³-hybridized carbons (Fsp3) is 0.231. The summed E-state index contributed by atoms with van der Waals surface area (Å²) in [6, 6.07) is 8.16. The third kappa shape index (κ3) is 2.75.